The molecule has 0 bridgehead atoms. The van der Waals surface area contributed by atoms with Crippen LogP contribution < -0.4 is 0 Å². The van der Waals surface area contributed by atoms with Gasteiger partial charge in [0.2, 0.25) is 0 Å². The fraction of sp³-hybridized carbons (Fsp3) is 0.143. The minimum atomic E-state index is 0.600. The molecule has 2 rings (SSSR count). The molecule has 0 heterocycles. The third kappa shape index (κ3) is 3.40. The van der Waals surface area contributed by atoms with Gasteiger partial charge in [0.05, 0.1) is 12.2 Å². The maximum Gasteiger partial charge on any atom is 0.0882 e. The van der Waals surface area contributed by atoms with E-state index in [-0.39, 0.29) is 0 Å². The Kier molecular flexibility index (Phi) is 3.89. The van der Waals surface area contributed by atoms with E-state index < -0.39 is 0 Å². The molecular formula is C14H13ClN2. The summed E-state index contributed by atoms with van der Waals surface area (Å²) < 4.78 is 0. The van der Waals surface area contributed by atoms with Crippen molar-refractivity contribution in [3.05, 3.63) is 64.7 Å². The van der Waals surface area contributed by atoms with Gasteiger partial charge in [0.15, 0.2) is 0 Å². The van der Waals surface area contributed by atoms with Crippen molar-refractivity contribution in [2.75, 3.05) is 0 Å². The highest BCUT2D eigenvalue weighted by Crippen LogP contribution is 2.22. The third-order valence-electron chi connectivity index (χ3n) is 2.43. The van der Waals surface area contributed by atoms with Crippen molar-refractivity contribution in [3.63, 3.8) is 0 Å². The summed E-state index contributed by atoms with van der Waals surface area (Å²) in [6.07, 6.45) is 0. The molecule has 0 radical (unpaired) electrons. The second-order valence-electron chi connectivity index (χ2n) is 3.82. The maximum absolute atomic E-state index is 5.87. The lowest BCUT2D eigenvalue weighted by Gasteiger charge is -1.99. The Bertz CT molecular complexity index is 521. The molecule has 0 N–H and O–H groups in total. The summed E-state index contributed by atoms with van der Waals surface area (Å²) in [6, 6.07) is 15.7. The van der Waals surface area contributed by atoms with Gasteiger partial charge in [0.1, 0.15) is 0 Å². The second-order valence-corrected chi connectivity index (χ2v) is 4.25. The average molecular weight is 245 g/mol. The normalized spacial score (nSPS) is 10.9. The van der Waals surface area contributed by atoms with Crippen molar-refractivity contribution < 1.29 is 0 Å². The topological polar surface area (TPSA) is 24.7 Å². The number of halogens is 1. The zero-order valence-electron chi connectivity index (χ0n) is 9.60. The summed E-state index contributed by atoms with van der Waals surface area (Å²) in [5.74, 6) is 0. The summed E-state index contributed by atoms with van der Waals surface area (Å²) in [5, 5.41) is 9.12. The lowest BCUT2D eigenvalue weighted by atomic mass is 10.2. The van der Waals surface area contributed by atoms with Gasteiger partial charge in [-0.2, -0.15) is 10.2 Å². The third-order valence-corrected chi connectivity index (χ3v) is 2.67. The van der Waals surface area contributed by atoms with Crippen LogP contribution in [0.2, 0.25) is 5.02 Å². The van der Waals surface area contributed by atoms with Crippen LogP contribution in [0.25, 0.3) is 0 Å². The molecule has 0 aliphatic heterocycles. The van der Waals surface area contributed by atoms with Gasteiger partial charge in [-0.15, -0.1) is 0 Å². The van der Waals surface area contributed by atoms with Gasteiger partial charge in [-0.3, -0.25) is 0 Å². The molecule has 2 aromatic rings. The van der Waals surface area contributed by atoms with E-state index in [2.05, 4.69) is 10.2 Å². The van der Waals surface area contributed by atoms with Crippen molar-refractivity contribution in [1.29, 1.82) is 0 Å². The monoisotopic (exact) mass is 244 g/mol. The number of benzene rings is 2. The Morgan fingerprint density at radius 3 is 2.53 bits per heavy atom. The number of aryl methyl sites for hydroxylation is 1. The SMILES string of the molecule is Cc1cc(Cl)ccc1N=NCc1ccccc1. The molecule has 86 valence electrons. The number of azo groups is 1. The van der Waals surface area contributed by atoms with E-state index in [1.54, 1.807) is 0 Å². The molecule has 0 saturated carbocycles. The Hall–Kier alpha value is -1.67. The van der Waals surface area contributed by atoms with Gasteiger partial charge in [0, 0.05) is 5.02 Å². The first-order chi connectivity index (χ1) is 8.25. The summed E-state index contributed by atoms with van der Waals surface area (Å²) in [4.78, 5) is 0. The van der Waals surface area contributed by atoms with E-state index in [1.807, 2.05) is 55.5 Å². The van der Waals surface area contributed by atoms with Crippen LogP contribution in [0.4, 0.5) is 5.69 Å². The van der Waals surface area contributed by atoms with Crippen LogP contribution in [0, 0.1) is 6.92 Å². The molecule has 0 amide bonds. The molecule has 2 aromatic carbocycles. The van der Waals surface area contributed by atoms with E-state index in [9.17, 15) is 0 Å². The molecule has 2 nitrogen and oxygen atoms in total. The van der Waals surface area contributed by atoms with E-state index in [0.717, 1.165) is 21.8 Å². The zero-order chi connectivity index (χ0) is 12.1. The molecule has 17 heavy (non-hydrogen) atoms. The predicted molar refractivity (Wildman–Crippen MR) is 70.9 cm³/mol. The van der Waals surface area contributed by atoms with Gasteiger partial charge >= 0.3 is 0 Å². The Labute approximate surface area is 106 Å². The lowest BCUT2D eigenvalue weighted by molar-refractivity contribution is 0.956. The van der Waals surface area contributed by atoms with Crippen LogP contribution in [-0.4, -0.2) is 0 Å². The Morgan fingerprint density at radius 2 is 1.82 bits per heavy atom. The molecule has 0 atom stereocenters. The summed E-state index contributed by atoms with van der Waals surface area (Å²) in [6.45, 7) is 2.58. The highest BCUT2D eigenvalue weighted by atomic mass is 35.5. The van der Waals surface area contributed by atoms with Crippen molar-refractivity contribution >= 4 is 17.3 Å². The molecule has 0 fully saturated rings. The van der Waals surface area contributed by atoms with Crippen molar-refractivity contribution in [3.8, 4) is 0 Å². The van der Waals surface area contributed by atoms with Crippen molar-refractivity contribution in [1.82, 2.24) is 0 Å². The molecule has 0 aliphatic carbocycles. The number of nitrogens with zero attached hydrogens (tertiary/aromatic N) is 2. The van der Waals surface area contributed by atoms with Gasteiger partial charge in [-0.1, -0.05) is 41.9 Å². The van der Waals surface area contributed by atoms with E-state index in [1.165, 1.54) is 0 Å². The first-order valence-corrected chi connectivity index (χ1v) is 5.81. The number of hydrogen-bond donors (Lipinski definition) is 0. The first-order valence-electron chi connectivity index (χ1n) is 5.43. The van der Waals surface area contributed by atoms with Crippen LogP contribution >= 0.6 is 11.6 Å². The number of rotatable bonds is 3. The van der Waals surface area contributed by atoms with E-state index in [0.29, 0.717) is 6.54 Å². The second kappa shape index (κ2) is 5.60. The fourth-order valence-electron chi connectivity index (χ4n) is 1.51. The van der Waals surface area contributed by atoms with E-state index in [4.69, 9.17) is 11.6 Å². The highest BCUT2D eigenvalue weighted by molar-refractivity contribution is 6.30. The number of hydrogen-bond acceptors (Lipinski definition) is 2. The Balaban J connectivity index is 2.06. The fourth-order valence-corrected chi connectivity index (χ4v) is 1.73. The minimum absolute atomic E-state index is 0.600. The first kappa shape index (κ1) is 11.8. The van der Waals surface area contributed by atoms with Gasteiger partial charge in [-0.05, 0) is 36.2 Å². The maximum atomic E-state index is 5.87. The van der Waals surface area contributed by atoms with Crippen LogP contribution in [0.1, 0.15) is 11.1 Å². The minimum Gasteiger partial charge on any atom is -0.184 e. The van der Waals surface area contributed by atoms with Gasteiger partial charge in [0.25, 0.3) is 0 Å². The Morgan fingerprint density at radius 1 is 1.06 bits per heavy atom. The highest BCUT2D eigenvalue weighted by Gasteiger charge is 1.97. The van der Waals surface area contributed by atoms with Gasteiger partial charge in [-0.25, -0.2) is 0 Å². The van der Waals surface area contributed by atoms with Crippen LogP contribution in [0.5, 0.6) is 0 Å². The molecule has 0 unspecified atom stereocenters. The molecule has 0 spiro atoms. The summed E-state index contributed by atoms with van der Waals surface area (Å²) in [7, 11) is 0. The van der Waals surface area contributed by atoms with Crippen molar-refractivity contribution in [2.24, 2.45) is 10.2 Å². The van der Waals surface area contributed by atoms with E-state index >= 15 is 0 Å². The molecule has 3 heteroatoms. The quantitative estimate of drug-likeness (QED) is 0.684. The largest absolute Gasteiger partial charge is 0.184 e. The molecule has 0 aromatic heterocycles. The zero-order valence-corrected chi connectivity index (χ0v) is 10.4. The van der Waals surface area contributed by atoms with Crippen molar-refractivity contribution in [2.45, 2.75) is 13.5 Å². The van der Waals surface area contributed by atoms with Crippen LogP contribution in [0.15, 0.2) is 58.8 Å². The summed E-state index contributed by atoms with van der Waals surface area (Å²) >= 11 is 5.87. The predicted octanol–water partition coefficient (Wildman–Crippen LogP) is 4.93. The standard InChI is InChI=1S/C14H13ClN2/c1-11-9-13(15)7-8-14(11)17-16-10-12-5-3-2-4-6-12/h2-9H,10H2,1H3. The lowest BCUT2D eigenvalue weighted by Crippen LogP contribution is -1.78. The average Bonchev–Trinajstić information content (AvgIpc) is 2.33. The van der Waals surface area contributed by atoms with Crippen LogP contribution in [-0.2, 0) is 6.54 Å². The molecule has 0 aliphatic rings. The smallest absolute Gasteiger partial charge is 0.0882 e. The van der Waals surface area contributed by atoms with Crippen LogP contribution in [0.3, 0.4) is 0 Å². The molecular weight excluding hydrogens is 232 g/mol. The molecule has 0 saturated heterocycles. The summed E-state index contributed by atoms with van der Waals surface area (Å²) in [5.41, 5.74) is 3.06. The van der Waals surface area contributed by atoms with Gasteiger partial charge < -0.3 is 0 Å².